The van der Waals surface area contributed by atoms with Crippen LogP contribution in [0, 0.1) is 12.3 Å². The second-order valence-electron chi connectivity index (χ2n) is 7.19. The Bertz CT molecular complexity index is 664. The molecule has 0 saturated carbocycles. The molecule has 5 heteroatoms. The molecule has 1 aliphatic rings. The van der Waals surface area contributed by atoms with Crippen LogP contribution in [-0.4, -0.2) is 19.3 Å². The van der Waals surface area contributed by atoms with Crippen LogP contribution in [0.3, 0.4) is 0 Å². The minimum Gasteiger partial charge on any atom is -0.338 e. The maximum Gasteiger partial charge on any atom is 0.155 e. The van der Waals surface area contributed by atoms with E-state index in [2.05, 4.69) is 48.5 Å². The van der Waals surface area contributed by atoms with Gasteiger partial charge >= 0.3 is 0 Å². The second kappa shape index (κ2) is 4.70. The highest BCUT2D eigenvalue weighted by Crippen LogP contribution is 2.42. The average molecular weight is 287 g/mol. The molecule has 5 nitrogen and oxygen atoms in total. The fraction of sp³-hybridized carbons (Fsp3) is 0.625. The summed E-state index contributed by atoms with van der Waals surface area (Å²) in [5, 5.41) is 8.29. The van der Waals surface area contributed by atoms with Gasteiger partial charge in [-0.2, -0.15) is 0 Å². The van der Waals surface area contributed by atoms with Crippen molar-refractivity contribution in [1.82, 2.24) is 19.3 Å². The minimum absolute atomic E-state index is 0.135. The Hall–Kier alpha value is -1.62. The van der Waals surface area contributed by atoms with Crippen molar-refractivity contribution in [3.8, 4) is 0 Å². The van der Waals surface area contributed by atoms with Crippen molar-refractivity contribution in [2.75, 3.05) is 0 Å². The van der Waals surface area contributed by atoms with Crippen molar-refractivity contribution < 1.29 is 0 Å². The first-order valence-corrected chi connectivity index (χ1v) is 7.60. The van der Waals surface area contributed by atoms with E-state index >= 15 is 0 Å². The number of hydrogen-bond acceptors (Lipinski definition) is 3. The molecule has 3 rings (SSSR count). The van der Waals surface area contributed by atoms with Crippen molar-refractivity contribution in [3.05, 3.63) is 35.2 Å². The molecule has 0 radical (unpaired) electrons. The predicted octanol–water partition coefficient (Wildman–Crippen LogP) is 2.51. The van der Waals surface area contributed by atoms with Crippen molar-refractivity contribution in [2.24, 2.45) is 18.2 Å². The van der Waals surface area contributed by atoms with Gasteiger partial charge in [0.15, 0.2) is 5.82 Å². The van der Waals surface area contributed by atoms with Crippen LogP contribution in [0.15, 0.2) is 12.4 Å². The van der Waals surface area contributed by atoms with Crippen LogP contribution >= 0.6 is 0 Å². The third-order valence-electron chi connectivity index (χ3n) is 4.69. The Morgan fingerprint density at radius 2 is 2.14 bits per heavy atom. The Morgan fingerprint density at radius 1 is 1.43 bits per heavy atom. The van der Waals surface area contributed by atoms with Gasteiger partial charge in [0.05, 0.1) is 6.04 Å². The molecule has 21 heavy (non-hydrogen) atoms. The van der Waals surface area contributed by atoms with Gasteiger partial charge in [-0.25, -0.2) is 0 Å². The highest BCUT2D eigenvalue weighted by molar-refractivity contribution is 5.35. The fourth-order valence-electron chi connectivity index (χ4n) is 3.79. The van der Waals surface area contributed by atoms with Crippen LogP contribution in [0.25, 0.3) is 0 Å². The maximum atomic E-state index is 6.41. The van der Waals surface area contributed by atoms with Crippen molar-refractivity contribution >= 4 is 0 Å². The molecule has 0 bridgehead atoms. The summed E-state index contributed by atoms with van der Waals surface area (Å²) in [5.74, 6) is 0.980. The largest absolute Gasteiger partial charge is 0.338 e. The summed E-state index contributed by atoms with van der Waals surface area (Å²) >= 11 is 0. The highest BCUT2D eigenvalue weighted by atomic mass is 15.3. The molecule has 114 valence electrons. The average Bonchev–Trinajstić information content (AvgIpc) is 2.91. The van der Waals surface area contributed by atoms with Gasteiger partial charge in [-0.1, -0.05) is 13.8 Å². The number of fused-ring (bicyclic) bond motifs is 1. The molecule has 0 aliphatic heterocycles. The first-order chi connectivity index (χ1) is 9.80. The molecule has 2 heterocycles. The highest BCUT2D eigenvalue weighted by Gasteiger charge is 2.34. The normalized spacial score (nSPS) is 22.1. The minimum atomic E-state index is 0.135. The van der Waals surface area contributed by atoms with Crippen LogP contribution in [0.1, 0.15) is 62.1 Å². The zero-order valence-corrected chi connectivity index (χ0v) is 13.6. The van der Waals surface area contributed by atoms with Crippen molar-refractivity contribution in [2.45, 2.75) is 52.6 Å². The molecule has 1 aliphatic carbocycles. The summed E-state index contributed by atoms with van der Waals surface area (Å²) in [7, 11) is 1.99. The Labute approximate surface area is 126 Å². The zero-order valence-electron chi connectivity index (χ0n) is 13.6. The maximum absolute atomic E-state index is 6.41. The second-order valence-corrected chi connectivity index (χ2v) is 7.19. The van der Waals surface area contributed by atoms with Gasteiger partial charge in [0, 0.05) is 24.5 Å². The number of nitrogens with two attached hydrogens (primary N) is 1. The Morgan fingerprint density at radius 3 is 2.76 bits per heavy atom. The van der Waals surface area contributed by atoms with E-state index in [-0.39, 0.29) is 17.5 Å². The van der Waals surface area contributed by atoms with Crippen molar-refractivity contribution in [3.63, 3.8) is 0 Å². The number of nitrogens with zero attached hydrogens (tertiary/aromatic N) is 4. The van der Waals surface area contributed by atoms with Crippen LogP contribution in [0.2, 0.25) is 0 Å². The molecule has 2 aromatic heterocycles. The monoisotopic (exact) mass is 287 g/mol. The first kappa shape index (κ1) is 14.3. The standard InChI is InChI=1S/C16H25N5/c1-10-6-12-13(17)7-16(3,4)8-14(12)21(10)11(2)15-19-18-9-20(15)5/h6,9,11,13H,7-8,17H2,1-5H3. The summed E-state index contributed by atoms with van der Waals surface area (Å²) in [4.78, 5) is 0. The molecular formula is C16H25N5. The summed E-state index contributed by atoms with van der Waals surface area (Å²) < 4.78 is 4.38. The van der Waals surface area contributed by atoms with E-state index in [0.717, 1.165) is 18.7 Å². The molecule has 2 N–H and O–H groups in total. The van der Waals surface area contributed by atoms with E-state index in [1.54, 1.807) is 6.33 Å². The molecule has 2 unspecified atom stereocenters. The van der Waals surface area contributed by atoms with Gasteiger partial charge in [0.1, 0.15) is 6.33 Å². The number of aryl methyl sites for hydroxylation is 2. The third kappa shape index (κ3) is 2.29. The number of hydrogen-bond donors (Lipinski definition) is 1. The van der Waals surface area contributed by atoms with E-state index in [9.17, 15) is 0 Å². The quantitative estimate of drug-likeness (QED) is 0.923. The van der Waals surface area contributed by atoms with E-state index in [0.29, 0.717) is 0 Å². The third-order valence-corrected chi connectivity index (χ3v) is 4.69. The van der Waals surface area contributed by atoms with Gasteiger partial charge < -0.3 is 14.9 Å². The molecule has 0 fully saturated rings. The van der Waals surface area contributed by atoms with E-state index < -0.39 is 0 Å². The summed E-state index contributed by atoms with van der Waals surface area (Å²) in [6, 6.07) is 2.56. The van der Waals surface area contributed by atoms with Gasteiger partial charge in [-0.05, 0) is 43.7 Å². The lowest BCUT2D eigenvalue weighted by atomic mass is 9.74. The lowest BCUT2D eigenvalue weighted by Gasteiger charge is -2.35. The Balaban J connectivity index is 2.11. The molecule has 0 aromatic carbocycles. The van der Waals surface area contributed by atoms with E-state index in [1.807, 2.05) is 11.6 Å². The van der Waals surface area contributed by atoms with Gasteiger partial charge in [0.25, 0.3) is 0 Å². The van der Waals surface area contributed by atoms with Crippen LogP contribution < -0.4 is 5.73 Å². The SMILES string of the molecule is Cc1cc2c(n1C(C)c1nncn1C)CC(C)(C)CC2N. The fourth-order valence-corrected chi connectivity index (χ4v) is 3.79. The van der Waals surface area contributed by atoms with E-state index in [1.165, 1.54) is 17.0 Å². The molecular weight excluding hydrogens is 262 g/mol. The van der Waals surface area contributed by atoms with Crippen LogP contribution in [0.4, 0.5) is 0 Å². The summed E-state index contributed by atoms with van der Waals surface area (Å²) in [5.41, 5.74) is 10.6. The topological polar surface area (TPSA) is 61.7 Å². The van der Waals surface area contributed by atoms with Crippen LogP contribution in [-0.2, 0) is 13.5 Å². The molecule has 0 saturated heterocycles. The zero-order chi connectivity index (χ0) is 15.4. The molecule has 0 spiro atoms. The van der Waals surface area contributed by atoms with Gasteiger partial charge in [-0.15, -0.1) is 10.2 Å². The summed E-state index contributed by atoms with van der Waals surface area (Å²) in [6.45, 7) is 8.94. The smallest absolute Gasteiger partial charge is 0.155 e. The van der Waals surface area contributed by atoms with E-state index in [4.69, 9.17) is 5.73 Å². The van der Waals surface area contributed by atoms with Gasteiger partial charge in [-0.3, -0.25) is 0 Å². The Kier molecular flexibility index (Phi) is 3.20. The number of aromatic nitrogens is 4. The van der Waals surface area contributed by atoms with Crippen molar-refractivity contribution in [1.29, 1.82) is 0 Å². The molecule has 2 aromatic rings. The van der Waals surface area contributed by atoms with Gasteiger partial charge in [0.2, 0.25) is 0 Å². The molecule has 2 atom stereocenters. The number of rotatable bonds is 2. The molecule has 0 amide bonds. The lowest BCUT2D eigenvalue weighted by Crippen LogP contribution is -2.31. The van der Waals surface area contributed by atoms with Crippen LogP contribution in [0.5, 0.6) is 0 Å². The first-order valence-electron chi connectivity index (χ1n) is 7.60. The predicted molar refractivity (Wildman–Crippen MR) is 83.0 cm³/mol. The summed E-state index contributed by atoms with van der Waals surface area (Å²) in [6.07, 6.45) is 3.86. The lowest BCUT2D eigenvalue weighted by molar-refractivity contribution is 0.273.